The topological polar surface area (TPSA) is 88.2 Å². The highest BCUT2D eigenvalue weighted by atomic mass is 16.6. The van der Waals surface area contributed by atoms with Crippen LogP contribution < -0.4 is 0 Å². The molecule has 0 aliphatic heterocycles. The molecule has 1 unspecified atom stereocenters. The second-order valence-corrected chi connectivity index (χ2v) is 10.6. The molecule has 1 atom stereocenters. The first-order chi connectivity index (χ1) is 17.2. The largest absolute Gasteiger partial charge is 0.442 e. The van der Waals surface area contributed by atoms with Crippen molar-refractivity contribution in [1.82, 2.24) is 14.7 Å². The van der Waals surface area contributed by atoms with Crippen molar-refractivity contribution in [2.75, 3.05) is 0 Å². The highest BCUT2D eigenvalue weighted by Crippen LogP contribution is 2.35. The zero-order valence-corrected chi connectivity index (χ0v) is 20.9. The Hall–Kier alpha value is -3.92. The monoisotopic (exact) mass is 482 g/mol. The minimum absolute atomic E-state index is 0.0443. The molecule has 2 aromatic carbocycles. The van der Waals surface area contributed by atoms with E-state index in [0.29, 0.717) is 17.5 Å². The molecule has 7 nitrogen and oxygen atoms in total. The summed E-state index contributed by atoms with van der Waals surface area (Å²) in [5.41, 5.74) is 4.52. The lowest BCUT2D eigenvalue weighted by Crippen LogP contribution is -2.44. The van der Waals surface area contributed by atoms with Gasteiger partial charge in [0.1, 0.15) is 5.60 Å². The number of amides is 1. The maximum absolute atomic E-state index is 13.6. The molecule has 7 heteroatoms. The number of nitriles is 1. The zero-order chi connectivity index (χ0) is 25.4. The minimum Gasteiger partial charge on any atom is -0.442 e. The van der Waals surface area contributed by atoms with Crippen LogP contribution in [0.3, 0.4) is 0 Å². The molecule has 2 aliphatic rings. The third kappa shape index (κ3) is 5.03. The van der Waals surface area contributed by atoms with Gasteiger partial charge >= 0.3 is 6.09 Å². The van der Waals surface area contributed by atoms with E-state index in [2.05, 4.69) is 16.1 Å². The third-order valence-corrected chi connectivity index (χ3v) is 6.65. The molecule has 5 rings (SSSR count). The van der Waals surface area contributed by atoms with Gasteiger partial charge in [0.2, 0.25) is 0 Å². The van der Waals surface area contributed by atoms with Crippen molar-refractivity contribution in [1.29, 1.82) is 5.26 Å². The molecule has 0 N–H and O–H groups in total. The van der Waals surface area contributed by atoms with E-state index in [1.165, 1.54) is 4.68 Å². The summed E-state index contributed by atoms with van der Waals surface area (Å²) in [5, 5.41) is 13.6. The van der Waals surface area contributed by atoms with Crippen molar-refractivity contribution in [3.05, 3.63) is 77.1 Å². The molecule has 1 fully saturated rings. The van der Waals surface area contributed by atoms with E-state index in [0.717, 1.165) is 48.1 Å². The van der Waals surface area contributed by atoms with Crippen LogP contribution in [0.5, 0.6) is 0 Å². The molecule has 0 saturated heterocycles. The lowest BCUT2D eigenvalue weighted by Gasteiger charge is -2.34. The fraction of sp³-hybridized carbons (Fsp3) is 0.379. The lowest BCUT2D eigenvalue weighted by molar-refractivity contribution is 0.0513. The maximum atomic E-state index is 13.6. The predicted octanol–water partition coefficient (Wildman–Crippen LogP) is 5.37. The van der Waals surface area contributed by atoms with Gasteiger partial charge in [-0.1, -0.05) is 24.3 Å². The predicted molar refractivity (Wildman–Crippen MR) is 135 cm³/mol. The molecule has 1 aromatic heterocycles. The number of carbonyl (C=O) groups excluding carboxylic acids is 2. The Balaban J connectivity index is 1.33. The van der Waals surface area contributed by atoms with Gasteiger partial charge in [-0.05, 0) is 93.8 Å². The molecule has 1 heterocycles. The van der Waals surface area contributed by atoms with Crippen LogP contribution in [0.15, 0.2) is 54.7 Å². The molecule has 3 aromatic rings. The number of fused-ring (bicyclic) bond motifs is 1. The molecular weight excluding hydrogens is 452 g/mol. The van der Waals surface area contributed by atoms with Gasteiger partial charge < -0.3 is 9.64 Å². The van der Waals surface area contributed by atoms with Gasteiger partial charge in [0, 0.05) is 23.8 Å². The summed E-state index contributed by atoms with van der Waals surface area (Å²) in [7, 11) is 0. The van der Waals surface area contributed by atoms with Crippen LogP contribution >= 0.6 is 0 Å². The average Bonchev–Trinajstić information content (AvgIpc) is 3.59. The Kier molecular flexibility index (Phi) is 6.13. The number of rotatable bonds is 4. The number of aromatic nitrogens is 2. The number of nitrogens with zero attached hydrogens (tertiary/aromatic N) is 4. The molecule has 0 radical (unpaired) electrons. The van der Waals surface area contributed by atoms with Gasteiger partial charge in [-0.2, -0.15) is 15.0 Å². The summed E-state index contributed by atoms with van der Waals surface area (Å²) in [6, 6.07) is 17.6. The minimum atomic E-state index is -0.588. The first kappa shape index (κ1) is 23.8. The van der Waals surface area contributed by atoms with Crippen LogP contribution in [0, 0.1) is 11.3 Å². The molecule has 0 spiro atoms. The fourth-order valence-corrected chi connectivity index (χ4v) is 4.83. The number of benzene rings is 2. The molecule has 1 saturated carbocycles. The van der Waals surface area contributed by atoms with E-state index in [1.54, 1.807) is 12.3 Å². The Morgan fingerprint density at radius 3 is 2.47 bits per heavy atom. The second kappa shape index (κ2) is 9.27. The summed E-state index contributed by atoms with van der Waals surface area (Å²) in [6.45, 7) is 5.50. The normalized spacial score (nSPS) is 17.1. The number of hydrogen-bond acceptors (Lipinski definition) is 5. The van der Waals surface area contributed by atoms with E-state index in [1.807, 2.05) is 63.2 Å². The molecule has 2 aliphatic carbocycles. The lowest BCUT2D eigenvalue weighted by atomic mass is 9.91. The van der Waals surface area contributed by atoms with Crippen molar-refractivity contribution in [3.63, 3.8) is 0 Å². The van der Waals surface area contributed by atoms with Crippen molar-refractivity contribution in [2.24, 2.45) is 0 Å². The van der Waals surface area contributed by atoms with Crippen LogP contribution in [0.4, 0.5) is 4.79 Å². The second-order valence-electron chi connectivity index (χ2n) is 10.6. The van der Waals surface area contributed by atoms with Gasteiger partial charge in [0.15, 0.2) is 0 Å². The smallest absolute Gasteiger partial charge is 0.435 e. The van der Waals surface area contributed by atoms with E-state index < -0.39 is 11.7 Å². The molecule has 184 valence electrons. The Bertz CT molecular complexity index is 1340. The molecule has 1 amide bonds. The summed E-state index contributed by atoms with van der Waals surface area (Å²) >= 11 is 0. The van der Waals surface area contributed by atoms with E-state index >= 15 is 0 Å². The molecule has 0 bridgehead atoms. The number of aryl methyl sites for hydroxylation is 1. The zero-order valence-electron chi connectivity index (χ0n) is 20.9. The van der Waals surface area contributed by atoms with Crippen LogP contribution in [-0.4, -0.2) is 44.4 Å². The average molecular weight is 483 g/mol. The summed E-state index contributed by atoms with van der Waals surface area (Å²) in [5.74, 6) is 0.0443. The third-order valence-electron chi connectivity index (χ3n) is 6.65. The van der Waals surface area contributed by atoms with Crippen molar-refractivity contribution < 1.29 is 14.3 Å². The van der Waals surface area contributed by atoms with Crippen LogP contribution in [0.1, 0.15) is 67.2 Å². The number of carbonyl (C=O) groups is 2. The molecule has 36 heavy (non-hydrogen) atoms. The van der Waals surface area contributed by atoms with Crippen molar-refractivity contribution in [2.45, 2.75) is 70.6 Å². The van der Waals surface area contributed by atoms with Crippen LogP contribution in [-0.2, 0) is 17.6 Å². The van der Waals surface area contributed by atoms with Crippen LogP contribution in [0.25, 0.3) is 11.1 Å². The number of ether oxygens (including phenoxy) is 1. The fourth-order valence-electron chi connectivity index (χ4n) is 4.83. The maximum Gasteiger partial charge on any atom is 0.435 e. The molecular formula is C29H30N4O3. The van der Waals surface area contributed by atoms with E-state index in [-0.39, 0.29) is 18.0 Å². The van der Waals surface area contributed by atoms with Gasteiger partial charge in [-0.15, -0.1) is 0 Å². The Morgan fingerprint density at radius 2 is 1.81 bits per heavy atom. The highest BCUT2D eigenvalue weighted by molar-refractivity contribution is 5.95. The van der Waals surface area contributed by atoms with Crippen LogP contribution in [0.2, 0.25) is 0 Å². The van der Waals surface area contributed by atoms with E-state index in [9.17, 15) is 14.9 Å². The SMILES string of the molecule is CC(C)(C)OC(=O)n1cc2c(n1)CCC(N(C(=O)c1ccc(-c3cccc(C#N)c3)cc1)C1CC1)C2. The Labute approximate surface area is 211 Å². The van der Waals surface area contributed by atoms with Gasteiger partial charge in [0.25, 0.3) is 5.91 Å². The summed E-state index contributed by atoms with van der Waals surface area (Å²) in [6.07, 6.45) is 5.54. The van der Waals surface area contributed by atoms with E-state index in [4.69, 9.17) is 4.74 Å². The van der Waals surface area contributed by atoms with Gasteiger partial charge in [-0.25, -0.2) is 4.79 Å². The number of hydrogen-bond donors (Lipinski definition) is 0. The van der Waals surface area contributed by atoms with Gasteiger partial charge in [0.05, 0.1) is 17.3 Å². The Morgan fingerprint density at radius 1 is 1.06 bits per heavy atom. The van der Waals surface area contributed by atoms with Crippen molar-refractivity contribution in [3.8, 4) is 17.2 Å². The van der Waals surface area contributed by atoms with Crippen molar-refractivity contribution >= 4 is 12.0 Å². The summed E-state index contributed by atoms with van der Waals surface area (Å²) < 4.78 is 6.75. The first-order valence-electron chi connectivity index (χ1n) is 12.5. The highest BCUT2D eigenvalue weighted by Gasteiger charge is 2.39. The summed E-state index contributed by atoms with van der Waals surface area (Å²) in [4.78, 5) is 28.2. The standard InChI is InChI=1S/C29H30N4O3/c1-29(2,3)36-28(35)32-18-23-16-25(13-14-26(23)31-32)33(24-11-12-24)27(34)21-9-7-20(8-10-21)22-6-4-5-19(15-22)17-30/h4-10,15,18,24-25H,11-14,16H2,1-3H3. The first-order valence-corrected chi connectivity index (χ1v) is 12.5. The van der Waals surface area contributed by atoms with Gasteiger partial charge in [-0.3, -0.25) is 4.79 Å². The quantitative estimate of drug-likeness (QED) is 0.499.